The van der Waals surface area contributed by atoms with Crippen molar-refractivity contribution in [1.29, 1.82) is 0 Å². The van der Waals surface area contributed by atoms with Crippen LogP contribution in [0.2, 0.25) is 0 Å². The molecular weight excluding hydrogens is 563 g/mol. The van der Waals surface area contributed by atoms with Crippen LogP contribution in [0.1, 0.15) is 80.8 Å². The van der Waals surface area contributed by atoms with E-state index in [4.69, 9.17) is 9.72 Å². The molecular formula is C38H47N3O2S. The fraction of sp³-hybridized carbons (Fsp3) is 0.421. The zero-order valence-electron chi connectivity index (χ0n) is 27.2. The number of fused-ring (bicyclic) bond motifs is 3. The van der Waals surface area contributed by atoms with Gasteiger partial charge >= 0.3 is 0 Å². The number of aromatic nitrogens is 1. The maximum atomic E-state index is 12.9. The van der Waals surface area contributed by atoms with Gasteiger partial charge in [-0.25, -0.2) is 4.98 Å². The fourth-order valence-corrected chi connectivity index (χ4v) is 8.28. The number of amides is 1. The van der Waals surface area contributed by atoms with Gasteiger partial charge in [0.15, 0.2) is 5.13 Å². The highest BCUT2D eigenvalue weighted by atomic mass is 32.1. The molecule has 4 unspecified atom stereocenters. The van der Waals surface area contributed by atoms with Crippen LogP contribution in [0, 0.1) is 17.8 Å². The number of morpholine rings is 1. The largest absolute Gasteiger partial charge is 0.378 e. The van der Waals surface area contributed by atoms with Crippen molar-refractivity contribution in [3.63, 3.8) is 0 Å². The highest BCUT2D eigenvalue weighted by Gasteiger charge is 2.67. The lowest BCUT2D eigenvalue weighted by Gasteiger charge is -2.62. The standard InChI is InChI=1S/C36H41N3O2S.C2H6/c1-6-26(33(40)39-17-19-41-20-18-39)16-15-25(3)31-22-42-34(38-31)37-23-35(4)21-30-28-13-9-10-14-29(28)32(36(30,35)5)27-12-8-7-11-24(27)2;1-2/h6-16,22,30,32H,1,17-21,23H2,2-5H3,(H,37,38);1-2H3/b25-15+,26-16+;. The lowest BCUT2D eigenvalue weighted by molar-refractivity contribution is -0.130. The van der Waals surface area contributed by atoms with Crippen LogP contribution in [0.25, 0.3) is 5.57 Å². The highest BCUT2D eigenvalue weighted by molar-refractivity contribution is 7.13. The Morgan fingerprint density at radius 2 is 1.73 bits per heavy atom. The first-order chi connectivity index (χ1) is 21.3. The van der Waals surface area contributed by atoms with Gasteiger partial charge in [-0.3, -0.25) is 4.79 Å². The molecule has 1 saturated heterocycles. The van der Waals surface area contributed by atoms with Crippen LogP contribution in [-0.2, 0) is 9.53 Å². The van der Waals surface area contributed by atoms with Crippen molar-refractivity contribution in [2.24, 2.45) is 10.8 Å². The Labute approximate surface area is 267 Å². The lowest BCUT2D eigenvalue weighted by atomic mass is 9.42. The number of allylic oxidation sites excluding steroid dienone is 3. The van der Waals surface area contributed by atoms with Crippen molar-refractivity contribution >= 4 is 27.9 Å². The molecule has 1 aromatic heterocycles. The number of nitrogens with zero attached hydrogens (tertiary/aromatic N) is 2. The van der Waals surface area contributed by atoms with E-state index in [-0.39, 0.29) is 16.7 Å². The fourth-order valence-electron chi connectivity index (χ4n) is 7.52. The molecule has 232 valence electrons. The first kappa shape index (κ1) is 31.9. The van der Waals surface area contributed by atoms with Gasteiger partial charge in [0.2, 0.25) is 0 Å². The van der Waals surface area contributed by atoms with Crippen LogP contribution < -0.4 is 5.32 Å². The predicted molar refractivity (Wildman–Crippen MR) is 184 cm³/mol. The van der Waals surface area contributed by atoms with E-state index in [1.165, 1.54) is 28.7 Å². The third kappa shape index (κ3) is 5.59. The number of thiazole rings is 1. The molecule has 0 bridgehead atoms. The van der Waals surface area contributed by atoms with E-state index in [9.17, 15) is 4.79 Å². The summed E-state index contributed by atoms with van der Waals surface area (Å²) in [5.41, 5.74) is 8.61. The van der Waals surface area contributed by atoms with Crippen molar-refractivity contribution in [3.8, 4) is 0 Å². The number of hydrogen-bond donors (Lipinski definition) is 1. The Bertz CT molecular complexity index is 1570. The van der Waals surface area contributed by atoms with Crippen molar-refractivity contribution in [1.82, 2.24) is 9.88 Å². The first-order valence-corrected chi connectivity index (χ1v) is 16.9. The average Bonchev–Trinajstić information content (AvgIpc) is 3.62. The number of rotatable bonds is 8. The zero-order chi connectivity index (χ0) is 31.5. The molecule has 1 aliphatic heterocycles. The highest BCUT2D eigenvalue weighted by Crippen LogP contribution is 2.76. The van der Waals surface area contributed by atoms with E-state index in [2.05, 4.69) is 86.6 Å². The van der Waals surface area contributed by atoms with E-state index < -0.39 is 0 Å². The molecule has 3 aromatic rings. The van der Waals surface area contributed by atoms with Gasteiger partial charge in [0, 0.05) is 36.5 Å². The molecule has 5 nitrogen and oxygen atoms in total. The summed E-state index contributed by atoms with van der Waals surface area (Å²) < 4.78 is 5.38. The Balaban J connectivity index is 0.00000188. The van der Waals surface area contributed by atoms with Gasteiger partial charge in [-0.05, 0) is 70.9 Å². The van der Waals surface area contributed by atoms with E-state index >= 15 is 0 Å². The maximum absolute atomic E-state index is 12.9. The number of carbonyl (C=O) groups excluding carboxylic acids is 1. The normalized spacial score (nSPS) is 26.1. The molecule has 2 fully saturated rings. The summed E-state index contributed by atoms with van der Waals surface area (Å²) in [6.07, 6.45) is 6.62. The molecule has 3 aliphatic rings. The Hall–Kier alpha value is -3.48. The summed E-state index contributed by atoms with van der Waals surface area (Å²) in [4.78, 5) is 19.6. The summed E-state index contributed by atoms with van der Waals surface area (Å²) >= 11 is 1.64. The van der Waals surface area contributed by atoms with E-state index in [1.807, 2.05) is 37.8 Å². The van der Waals surface area contributed by atoms with Crippen LogP contribution in [-0.4, -0.2) is 48.6 Å². The van der Waals surface area contributed by atoms with Crippen LogP contribution in [0.5, 0.6) is 0 Å². The smallest absolute Gasteiger partial charge is 0.253 e. The average molecular weight is 610 g/mol. The topological polar surface area (TPSA) is 54.5 Å². The summed E-state index contributed by atoms with van der Waals surface area (Å²) in [5.74, 6) is 0.938. The summed E-state index contributed by atoms with van der Waals surface area (Å²) in [5, 5.41) is 6.76. The van der Waals surface area contributed by atoms with Gasteiger partial charge in [-0.2, -0.15) is 0 Å². The Kier molecular flexibility index (Phi) is 9.62. The van der Waals surface area contributed by atoms with E-state index in [1.54, 1.807) is 17.4 Å². The number of hydrogen-bond acceptors (Lipinski definition) is 5. The van der Waals surface area contributed by atoms with Crippen molar-refractivity contribution in [3.05, 3.63) is 112 Å². The molecule has 4 atom stereocenters. The predicted octanol–water partition coefficient (Wildman–Crippen LogP) is 8.61. The first-order valence-electron chi connectivity index (χ1n) is 16.0. The monoisotopic (exact) mass is 609 g/mol. The van der Waals surface area contributed by atoms with Crippen molar-refractivity contribution < 1.29 is 9.53 Å². The minimum atomic E-state index is -0.00316. The molecule has 1 N–H and O–H groups in total. The summed E-state index contributed by atoms with van der Waals surface area (Å²) in [6, 6.07) is 18.0. The van der Waals surface area contributed by atoms with Crippen LogP contribution in [0.4, 0.5) is 5.13 Å². The van der Waals surface area contributed by atoms with Gasteiger partial charge in [-0.1, -0.05) is 95.0 Å². The number of benzene rings is 2. The third-order valence-corrected chi connectivity index (χ3v) is 11.1. The quantitative estimate of drug-likeness (QED) is 0.205. The lowest BCUT2D eigenvalue weighted by Crippen LogP contribution is -2.57. The molecule has 6 rings (SSSR count). The molecule has 1 saturated carbocycles. The molecule has 2 aliphatic carbocycles. The SMILES string of the molecule is C=C/C(=C\C=C(/C)c1csc(NCC2(C)CC3c4ccccc4C(c4ccccc4C)C32C)n1)C(=O)N1CCOCC1.CC. The van der Waals surface area contributed by atoms with Crippen LogP contribution in [0.15, 0.2) is 84.3 Å². The second kappa shape index (κ2) is 13.3. The van der Waals surface area contributed by atoms with Crippen molar-refractivity contribution in [2.45, 2.75) is 59.8 Å². The number of ether oxygens (including phenoxy) is 1. The van der Waals surface area contributed by atoms with Crippen LogP contribution in [0.3, 0.4) is 0 Å². The maximum Gasteiger partial charge on any atom is 0.253 e. The molecule has 2 aromatic carbocycles. The van der Waals surface area contributed by atoms with Crippen LogP contribution >= 0.6 is 11.3 Å². The second-order valence-electron chi connectivity index (χ2n) is 12.5. The molecule has 2 heterocycles. The van der Waals surface area contributed by atoms with Gasteiger partial charge in [0.05, 0.1) is 18.9 Å². The Morgan fingerprint density at radius 3 is 2.41 bits per heavy atom. The van der Waals surface area contributed by atoms with Gasteiger partial charge in [-0.15, -0.1) is 11.3 Å². The molecule has 44 heavy (non-hydrogen) atoms. The number of nitrogens with one attached hydrogen (secondary N) is 1. The van der Waals surface area contributed by atoms with Crippen molar-refractivity contribution in [2.75, 3.05) is 38.2 Å². The minimum Gasteiger partial charge on any atom is -0.378 e. The summed E-state index contributed by atoms with van der Waals surface area (Å²) in [6.45, 7) is 20.4. The zero-order valence-corrected chi connectivity index (χ0v) is 28.0. The van der Waals surface area contributed by atoms with Gasteiger partial charge < -0.3 is 15.0 Å². The molecule has 6 heteroatoms. The van der Waals surface area contributed by atoms with E-state index in [0.29, 0.717) is 43.7 Å². The molecule has 0 spiro atoms. The minimum absolute atomic E-state index is 0.00316. The number of carbonyl (C=O) groups is 1. The van der Waals surface area contributed by atoms with E-state index in [0.717, 1.165) is 22.9 Å². The number of aryl methyl sites for hydroxylation is 1. The summed E-state index contributed by atoms with van der Waals surface area (Å²) in [7, 11) is 0. The molecule has 0 radical (unpaired) electrons. The third-order valence-electron chi connectivity index (χ3n) is 10.3. The molecule has 1 amide bonds. The van der Waals surface area contributed by atoms with Gasteiger partial charge in [0.25, 0.3) is 5.91 Å². The Morgan fingerprint density at radius 1 is 1.07 bits per heavy atom. The second-order valence-corrected chi connectivity index (χ2v) is 13.3. The number of anilines is 1. The van der Waals surface area contributed by atoms with Gasteiger partial charge in [0.1, 0.15) is 0 Å².